The van der Waals surface area contributed by atoms with Crippen molar-refractivity contribution in [1.29, 1.82) is 0 Å². The molecular formula is C20H17N5O. The van der Waals surface area contributed by atoms with Crippen LogP contribution in [0.5, 0.6) is 0 Å². The summed E-state index contributed by atoms with van der Waals surface area (Å²) in [7, 11) is 0. The van der Waals surface area contributed by atoms with Crippen LogP contribution in [0, 0.1) is 0 Å². The molecular weight excluding hydrogens is 326 g/mol. The van der Waals surface area contributed by atoms with Crippen LogP contribution in [0.25, 0.3) is 0 Å². The minimum absolute atomic E-state index is 0.542. The van der Waals surface area contributed by atoms with Gasteiger partial charge in [0.1, 0.15) is 11.6 Å². The van der Waals surface area contributed by atoms with Gasteiger partial charge in [0.15, 0.2) is 0 Å². The Hall–Kier alpha value is -3.38. The zero-order valence-corrected chi connectivity index (χ0v) is 13.9. The molecule has 4 aromatic heterocycles. The molecule has 0 aliphatic heterocycles. The Morgan fingerprint density at radius 2 is 1.38 bits per heavy atom. The highest BCUT2D eigenvalue weighted by Crippen LogP contribution is 2.42. The molecule has 0 spiro atoms. The third-order valence-corrected chi connectivity index (χ3v) is 4.39. The first-order valence-electron chi connectivity index (χ1n) is 8.22. The Kier molecular flexibility index (Phi) is 4.25. The molecule has 26 heavy (non-hydrogen) atoms. The third-order valence-electron chi connectivity index (χ3n) is 4.39. The second-order valence-electron chi connectivity index (χ2n) is 5.92. The summed E-state index contributed by atoms with van der Waals surface area (Å²) in [5, 5.41) is 16.5. The molecule has 4 aromatic rings. The summed E-state index contributed by atoms with van der Waals surface area (Å²) < 4.78 is 1.73. The maximum atomic E-state index is 12.1. The van der Waals surface area contributed by atoms with Crippen LogP contribution in [-0.2, 0) is 5.60 Å². The first-order valence-corrected chi connectivity index (χ1v) is 8.22. The molecule has 128 valence electrons. The van der Waals surface area contributed by atoms with Gasteiger partial charge < -0.3 is 5.11 Å². The van der Waals surface area contributed by atoms with Gasteiger partial charge in [0.05, 0.1) is 0 Å². The molecule has 0 aromatic carbocycles. The van der Waals surface area contributed by atoms with E-state index < -0.39 is 11.6 Å². The summed E-state index contributed by atoms with van der Waals surface area (Å²) in [6.45, 7) is 0. The lowest BCUT2D eigenvalue weighted by molar-refractivity contribution is 0.0329. The third kappa shape index (κ3) is 2.76. The second kappa shape index (κ2) is 6.85. The Balaban J connectivity index is 2.00. The van der Waals surface area contributed by atoms with E-state index >= 15 is 0 Å². The Morgan fingerprint density at radius 3 is 1.85 bits per heavy atom. The van der Waals surface area contributed by atoms with Crippen LogP contribution in [0.4, 0.5) is 0 Å². The average Bonchev–Trinajstić information content (AvgIpc) is 3.24. The molecule has 1 atom stereocenters. The molecule has 4 heterocycles. The van der Waals surface area contributed by atoms with Gasteiger partial charge in [0.25, 0.3) is 0 Å². The smallest absolute Gasteiger partial charge is 0.144 e. The molecule has 6 heteroatoms. The van der Waals surface area contributed by atoms with Crippen LogP contribution < -0.4 is 0 Å². The average molecular weight is 343 g/mol. The lowest BCUT2D eigenvalue weighted by atomic mass is 9.79. The number of aliphatic hydroxyl groups is 1. The predicted octanol–water partition coefficient (Wildman–Crippen LogP) is 2.59. The molecule has 0 fully saturated rings. The maximum Gasteiger partial charge on any atom is 0.144 e. The standard InChI is InChI=1S/C20H17N5O/c26-20(17-6-2-9-22-14-17,18-7-3-10-23-15-18)19(25-12-4-11-24-25)16-5-1-8-21-13-16/h1-15,19,26H. The zero-order chi connectivity index (χ0) is 17.8. The van der Waals surface area contributed by atoms with Crippen molar-refractivity contribution in [3.63, 3.8) is 0 Å². The lowest BCUT2D eigenvalue weighted by Gasteiger charge is -2.37. The summed E-state index contributed by atoms with van der Waals surface area (Å²) in [6, 6.07) is 12.4. The number of hydrogen-bond donors (Lipinski definition) is 1. The first kappa shape index (κ1) is 16.1. The van der Waals surface area contributed by atoms with Gasteiger partial charge >= 0.3 is 0 Å². The second-order valence-corrected chi connectivity index (χ2v) is 5.92. The molecule has 1 unspecified atom stereocenters. The van der Waals surface area contributed by atoms with Crippen LogP contribution in [0.2, 0.25) is 0 Å². The molecule has 1 N–H and O–H groups in total. The fourth-order valence-corrected chi connectivity index (χ4v) is 3.22. The van der Waals surface area contributed by atoms with Gasteiger partial charge in [-0.2, -0.15) is 5.10 Å². The van der Waals surface area contributed by atoms with Crippen LogP contribution >= 0.6 is 0 Å². The van der Waals surface area contributed by atoms with E-state index in [1.807, 2.05) is 36.5 Å². The lowest BCUT2D eigenvalue weighted by Crippen LogP contribution is -2.39. The highest BCUT2D eigenvalue weighted by atomic mass is 16.3. The van der Waals surface area contributed by atoms with E-state index in [-0.39, 0.29) is 0 Å². The highest BCUT2D eigenvalue weighted by molar-refractivity contribution is 5.39. The van der Waals surface area contributed by atoms with Crippen LogP contribution in [0.1, 0.15) is 22.7 Å². The van der Waals surface area contributed by atoms with Crippen LogP contribution in [0.15, 0.2) is 92.0 Å². The summed E-state index contributed by atoms with van der Waals surface area (Å²) in [5.41, 5.74) is 0.693. The molecule has 4 rings (SSSR count). The van der Waals surface area contributed by atoms with E-state index in [0.29, 0.717) is 11.1 Å². The minimum Gasteiger partial charge on any atom is -0.378 e. The van der Waals surface area contributed by atoms with Crippen molar-refractivity contribution in [3.8, 4) is 0 Å². The van der Waals surface area contributed by atoms with Crippen LogP contribution in [0.3, 0.4) is 0 Å². The number of pyridine rings is 3. The fraction of sp³-hybridized carbons (Fsp3) is 0.100. The molecule has 6 nitrogen and oxygen atoms in total. The van der Waals surface area contributed by atoms with Gasteiger partial charge in [-0.25, -0.2) is 0 Å². The molecule has 0 aliphatic carbocycles. The quantitative estimate of drug-likeness (QED) is 0.603. The molecule has 0 bridgehead atoms. The first-order chi connectivity index (χ1) is 12.8. The van der Waals surface area contributed by atoms with Crippen molar-refractivity contribution in [2.75, 3.05) is 0 Å². The van der Waals surface area contributed by atoms with Crippen LogP contribution in [-0.4, -0.2) is 29.8 Å². The summed E-state index contributed by atoms with van der Waals surface area (Å²) in [4.78, 5) is 12.6. The largest absolute Gasteiger partial charge is 0.378 e. The highest BCUT2D eigenvalue weighted by Gasteiger charge is 2.43. The Morgan fingerprint density at radius 1 is 0.769 bits per heavy atom. The molecule has 0 amide bonds. The van der Waals surface area contributed by atoms with E-state index in [1.54, 1.807) is 60.2 Å². The Labute approximate surface area is 150 Å². The van der Waals surface area contributed by atoms with Crippen molar-refractivity contribution in [2.45, 2.75) is 11.6 Å². The summed E-state index contributed by atoms with van der Waals surface area (Å²) in [5.74, 6) is 0. The van der Waals surface area contributed by atoms with Crippen molar-refractivity contribution in [3.05, 3.63) is 109 Å². The fourth-order valence-electron chi connectivity index (χ4n) is 3.22. The van der Waals surface area contributed by atoms with Gasteiger partial charge in [-0.05, 0) is 29.8 Å². The minimum atomic E-state index is -1.43. The maximum absolute atomic E-state index is 12.1. The number of aromatic nitrogens is 5. The SMILES string of the molecule is OC(c1cccnc1)(c1cccnc1)C(c1cccnc1)n1cccn1. The summed E-state index contributed by atoms with van der Waals surface area (Å²) >= 11 is 0. The van der Waals surface area contributed by atoms with E-state index in [0.717, 1.165) is 5.56 Å². The molecule has 0 radical (unpaired) electrons. The normalized spacial score (nSPS) is 12.7. The molecule has 0 saturated carbocycles. The van der Waals surface area contributed by atoms with Crippen molar-refractivity contribution < 1.29 is 5.11 Å². The molecule has 0 aliphatic rings. The van der Waals surface area contributed by atoms with Crippen molar-refractivity contribution in [2.24, 2.45) is 0 Å². The van der Waals surface area contributed by atoms with E-state index in [9.17, 15) is 5.11 Å². The zero-order valence-electron chi connectivity index (χ0n) is 13.9. The van der Waals surface area contributed by atoms with E-state index in [2.05, 4.69) is 20.1 Å². The topological polar surface area (TPSA) is 76.7 Å². The van der Waals surface area contributed by atoms with Crippen molar-refractivity contribution >= 4 is 0 Å². The number of rotatable bonds is 5. The summed E-state index contributed by atoms with van der Waals surface area (Å²) in [6.07, 6.45) is 13.7. The van der Waals surface area contributed by atoms with Crippen molar-refractivity contribution in [1.82, 2.24) is 24.7 Å². The van der Waals surface area contributed by atoms with Gasteiger partial charge in [0.2, 0.25) is 0 Å². The number of nitrogens with zero attached hydrogens (tertiary/aromatic N) is 5. The number of hydrogen-bond acceptors (Lipinski definition) is 5. The monoisotopic (exact) mass is 343 g/mol. The van der Waals surface area contributed by atoms with Gasteiger partial charge in [0, 0.05) is 60.7 Å². The van der Waals surface area contributed by atoms with E-state index in [1.165, 1.54) is 0 Å². The molecule has 0 saturated heterocycles. The van der Waals surface area contributed by atoms with Gasteiger partial charge in [-0.15, -0.1) is 0 Å². The Bertz CT molecular complexity index is 904. The van der Waals surface area contributed by atoms with Gasteiger partial charge in [-0.3, -0.25) is 19.6 Å². The predicted molar refractivity (Wildman–Crippen MR) is 96.1 cm³/mol. The van der Waals surface area contributed by atoms with Gasteiger partial charge in [-0.1, -0.05) is 18.2 Å². The van der Waals surface area contributed by atoms with E-state index in [4.69, 9.17) is 0 Å².